The summed E-state index contributed by atoms with van der Waals surface area (Å²) < 4.78 is 0. The molecule has 0 radical (unpaired) electrons. The third kappa shape index (κ3) is 5.55. The van der Waals surface area contributed by atoms with E-state index in [9.17, 15) is 24.8 Å². The maximum atomic E-state index is 14.9. The van der Waals surface area contributed by atoms with Gasteiger partial charge in [-0.25, -0.2) is 0 Å². The SMILES string of the molecule is CCNC(=O)[C@H]1[C@H](c2ccc([N+](=O)[O-])cc2)[C@@]2(C(=O)Cc3ccccc32)[C@H](CC(C)C)N1[C@H](c1ccccc1)[C@@H](O)c1ccccc1. The largest absolute Gasteiger partial charge is 0.386 e. The van der Waals surface area contributed by atoms with E-state index in [1.165, 1.54) is 12.1 Å². The van der Waals surface area contributed by atoms with Gasteiger partial charge in [-0.3, -0.25) is 24.6 Å². The summed E-state index contributed by atoms with van der Waals surface area (Å²) in [5.74, 6) is -0.787. The molecule has 6 atom stereocenters. The zero-order valence-corrected chi connectivity index (χ0v) is 27.0. The molecular weight excluding hydrogens is 590 g/mol. The van der Waals surface area contributed by atoms with E-state index in [0.29, 0.717) is 24.1 Å². The molecule has 6 rings (SSSR count). The third-order valence-electron chi connectivity index (χ3n) is 9.97. The number of carbonyl (C=O) groups is 2. The van der Waals surface area contributed by atoms with Crippen molar-refractivity contribution in [1.29, 1.82) is 0 Å². The van der Waals surface area contributed by atoms with Crippen LogP contribution in [0.2, 0.25) is 0 Å². The monoisotopic (exact) mass is 631 g/mol. The maximum Gasteiger partial charge on any atom is 0.269 e. The fourth-order valence-corrected chi connectivity index (χ4v) is 8.25. The molecule has 242 valence electrons. The Morgan fingerprint density at radius 2 is 1.53 bits per heavy atom. The van der Waals surface area contributed by atoms with Gasteiger partial charge in [-0.2, -0.15) is 0 Å². The van der Waals surface area contributed by atoms with Crippen molar-refractivity contribution >= 4 is 17.4 Å². The number of likely N-dealkylation sites (tertiary alicyclic amines) is 1. The molecule has 2 aliphatic rings. The van der Waals surface area contributed by atoms with E-state index in [2.05, 4.69) is 24.1 Å². The van der Waals surface area contributed by atoms with Gasteiger partial charge >= 0.3 is 0 Å². The average Bonchev–Trinajstić information content (AvgIpc) is 3.53. The number of rotatable bonds is 10. The van der Waals surface area contributed by atoms with Crippen molar-refractivity contribution in [3.05, 3.63) is 147 Å². The quantitative estimate of drug-likeness (QED) is 0.154. The Bertz CT molecular complexity index is 1740. The summed E-state index contributed by atoms with van der Waals surface area (Å²) in [7, 11) is 0. The average molecular weight is 632 g/mol. The first-order valence-corrected chi connectivity index (χ1v) is 16.4. The van der Waals surface area contributed by atoms with Gasteiger partial charge in [0.05, 0.1) is 28.5 Å². The standard InChI is InChI=1S/C39H41N3O5/c1-4-40-38(45)36-34(26-19-21-30(22-20-26)42(46)47)39(31-18-12-11-17-29(31)24-33(39)43)32(23-25(2)3)41(36)35(27-13-7-5-8-14-27)37(44)28-15-9-6-10-16-28/h5-22,25,32,34-37,44H,4,23-24H2,1-3H3,(H,40,45)/t32-,34-,35+,36+,37-,39+/m0/s1. The minimum absolute atomic E-state index is 0.0190. The molecule has 1 aliphatic carbocycles. The van der Waals surface area contributed by atoms with E-state index < -0.39 is 40.5 Å². The van der Waals surface area contributed by atoms with Crippen molar-refractivity contribution in [1.82, 2.24) is 10.2 Å². The van der Waals surface area contributed by atoms with Gasteiger partial charge in [0, 0.05) is 37.1 Å². The van der Waals surface area contributed by atoms with Crippen LogP contribution in [0.1, 0.15) is 73.1 Å². The van der Waals surface area contributed by atoms with Gasteiger partial charge in [0.1, 0.15) is 5.78 Å². The predicted molar refractivity (Wildman–Crippen MR) is 181 cm³/mol. The van der Waals surface area contributed by atoms with Crippen molar-refractivity contribution in [2.75, 3.05) is 6.54 Å². The molecular formula is C39H41N3O5. The fourth-order valence-electron chi connectivity index (χ4n) is 8.25. The lowest BCUT2D eigenvalue weighted by atomic mass is 9.63. The lowest BCUT2D eigenvalue weighted by Crippen LogP contribution is -2.52. The van der Waals surface area contributed by atoms with Crippen LogP contribution in [0.15, 0.2) is 109 Å². The molecule has 47 heavy (non-hydrogen) atoms. The molecule has 1 aliphatic heterocycles. The molecule has 1 heterocycles. The van der Waals surface area contributed by atoms with E-state index in [4.69, 9.17) is 0 Å². The van der Waals surface area contributed by atoms with E-state index in [1.54, 1.807) is 12.1 Å². The van der Waals surface area contributed by atoms with Gasteiger partial charge in [0.2, 0.25) is 5.91 Å². The molecule has 1 fully saturated rings. The summed E-state index contributed by atoms with van der Waals surface area (Å²) in [5, 5.41) is 27.1. The van der Waals surface area contributed by atoms with Crippen LogP contribution in [0.5, 0.6) is 0 Å². The number of aliphatic hydroxyl groups is 1. The van der Waals surface area contributed by atoms with Crippen LogP contribution in [-0.4, -0.2) is 45.2 Å². The van der Waals surface area contributed by atoms with Gasteiger partial charge in [0.25, 0.3) is 5.69 Å². The molecule has 2 N–H and O–H groups in total. The van der Waals surface area contributed by atoms with Crippen LogP contribution in [-0.2, 0) is 21.4 Å². The summed E-state index contributed by atoms with van der Waals surface area (Å²) in [6, 6.07) is 31.2. The number of likely N-dealkylation sites (N-methyl/N-ethyl adjacent to an activating group) is 1. The molecule has 4 aromatic rings. The Kier molecular flexibility index (Phi) is 9.08. The Hall–Kier alpha value is -4.66. The smallest absolute Gasteiger partial charge is 0.269 e. The van der Waals surface area contributed by atoms with Gasteiger partial charge in [-0.1, -0.05) is 111 Å². The van der Waals surface area contributed by atoms with Crippen molar-refractivity contribution in [3.8, 4) is 0 Å². The second kappa shape index (κ2) is 13.2. The fraction of sp³-hybridized carbons (Fsp3) is 0.333. The lowest BCUT2D eigenvalue weighted by molar-refractivity contribution is -0.384. The number of hydrogen-bond donors (Lipinski definition) is 2. The van der Waals surface area contributed by atoms with Crippen molar-refractivity contribution in [2.24, 2.45) is 5.92 Å². The van der Waals surface area contributed by atoms with Crippen LogP contribution in [0, 0.1) is 16.0 Å². The predicted octanol–water partition coefficient (Wildman–Crippen LogP) is 6.45. The molecule has 0 bridgehead atoms. The van der Waals surface area contributed by atoms with Crippen LogP contribution >= 0.6 is 0 Å². The van der Waals surface area contributed by atoms with Crippen molar-refractivity contribution in [2.45, 2.75) is 69.2 Å². The Labute approximate surface area is 275 Å². The van der Waals surface area contributed by atoms with E-state index >= 15 is 0 Å². The number of fused-ring (bicyclic) bond motifs is 2. The molecule has 0 aromatic heterocycles. The number of nitrogens with one attached hydrogen (secondary N) is 1. The van der Waals surface area contributed by atoms with E-state index in [0.717, 1.165) is 16.7 Å². The number of ketones is 1. The van der Waals surface area contributed by atoms with Gasteiger partial charge in [0.15, 0.2) is 0 Å². The Morgan fingerprint density at radius 1 is 0.936 bits per heavy atom. The maximum absolute atomic E-state index is 14.9. The molecule has 1 amide bonds. The van der Waals surface area contributed by atoms with Gasteiger partial charge in [-0.15, -0.1) is 0 Å². The highest BCUT2D eigenvalue weighted by Gasteiger charge is 2.69. The van der Waals surface area contributed by atoms with Crippen LogP contribution < -0.4 is 5.32 Å². The summed E-state index contributed by atoms with van der Waals surface area (Å²) >= 11 is 0. The minimum Gasteiger partial charge on any atom is -0.386 e. The number of nitrogens with zero attached hydrogens (tertiary/aromatic N) is 2. The van der Waals surface area contributed by atoms with Gasteiger partial charge in [-0.05, 0) is 47.1 Å². The number of nitro benzene ring substituents is 1. The highest BCUT2D eigenvalue weighted by atomic mass is 16.6. The van der Waals surface area contributed by atoms with Crippen LogP contribution in [0.4, 0.5) is 5.69 Å². The highest BCUT2D eigenvalue weighted by Crippen LogP contribution is 2.61. The minimum atomic E-state index is -1.16. The summed E-state index contributed by atoms with van der Waals surface area (Å²) in [6.45, 7) is 6.47. The molecule has 1 saturated heterocycles. The second-order valence-corrected chi connectivity index (χ2v) is 13.1. The zero-order valence-electron chi connectivity index (χ0n) is 27.0. The number of hydrogen-bond acceptors (Lipinski definition) is 6. The topological polar surface area (TPSA) is 113 Å². The Balaban J connectivity index is 1.70. The van der Waals surface area contributed by atoms with E-state index in [1.807, 2.05) is 91.9 Å². The molecule has 0 saturated carbocycles. The first-order chi connectivity index (χ1) is 22.7. The van der Waals surface area contributed by atoms with Crippen molar-refractivity contribution in [3.63, 3.8) is 0 Å². The number of non-ortho nitro benzene ring substituents is 1. The molecule has 8 nitrogen and oxygen atoms in total. The zero-order chi connectivity index (χ0) is 33.3. The number of amides is 1. The molecule has 0 unspecified atom stereocenters. The van der Waals surface area contributed by atoms with Crippen LogP contribution in [0.3, 0.4) is 0 Å². The Morgan fingerprint density at radius 3 is 2.13 bits per heavy atom. The molecule has 1 spiro atoms. The lowest BCUT2D eigenvalue weighted by Gasteiger charge is -2.43. The number of nitro groups is 1. The number of aliphatic hydroxyl groups excluding tert-OH is 1. The van der Waals surface area contributed by atoms with Crippen molar-refractivity contribution < 1.29 is 19.6 Å². The third-order valence-corrected chi connectivity index (χ3v) is 9.97. The normalized spacial score (nSPS) is 23.5. The molecule has 8 heteroatoms. The summed E-state index contributed by atoms with van der Waals surface area (Å²) in [6.07, 6.45) is -0.240. The number of carbonyl (C=O) groups excluding carboxylic acids is 2. The first kappa shape index (κ1) is 32.3. The first-order valence-electron chi connectivity index (χ1n) is 16.4. The summed E-state index contributed by atoms with van der Waals surface area (Å²) in [5.41, 5.74) is 2.79. The highest BCUT2D eigenvalue weighted by molar-refractivity contribution is 6.01. The number of Topliss-reactive ketones (excluding diaryl/α,β-unsaturated/α-hetero) is 1. The van der Waals surface area contributed by atoms with Crippen LogP contribution in [0.25, 0.3) is 0 Å². The summed E-state index contributed by atoms with van der Waals surface area (Å²) in [4.78, 5) is 43.0. The van der Waals surface area contributed by atoms with E-state index in [-0.39, 0.29) is 29.7 Å². The van der Waals surface area contributed by atoms with Gasteiger partial charge < -0.3 is 10.4 Å². The second-order valence-electron chi connectivity index (χ2n) is 13.1. The molecule has 4 aromatic carbocycles. The number of benzene rings is 4.